The van der Waals surface area contributed by atoms with Gasteiger partial charge in [-0.1, -0.05) is 24.1 Å². The molecular formula is C21H21ClN2O3S. The summed E-state index contributed by atoms with van der Waals surface area (Å²) in [5, 5.41) is 5.84. The van der Waals surface area contributed by atoms with Crippen LogP contribution in [-0.2, 0) is 0 Å². The van der Waals surface area contributed by atoms with Gasteiger partial charge in [-0.2, -0.15) is 0 Å². The highest BCUT2D eigenvalue weighted by Gasteiger charge is 2.24. The molecule has 0 radical (unpaired) electrons. The van der Waals surface area contributed by atoms with Crippen LogP contribution >= 0.6 is 22.9 Å². The Morgan fingerprint density at radius 3 is 2.79 bits per heavy atom. The van der Waals surface area contributed by atoms with Crippen LogP contribution in [-0.4, -0.2) is 30.4 Å². The lowest BCUT2D eigenvalue weighted by atomic mass is 10.1. The quantitative estimate of drug-likeness (QED) is 0.666. The topological polar surface area (TPSA) is 62.6 Å². The van der Waals surface area contributed by atoms with E-state index in [1.807, 2.05) is 6.07 Å². The van der Waals surface area contributed by atoms with E-state index in [2.05, 4.69) is 21.7 Å². The molecule has 5 nitrogen and oxygen atoms in total. The molecule has 1 aliphatic rings. The molecule has 1 amide bonds. The second-order valence-corrected chi connectivity index (χ2v) is 8.37. The Kier molecular flexibility index (Phi) is 5.80. The number of amides is 1. The summed E-state index contributed by atoms with van der Waals surface area (Å²) in [6.07, 6.45) is 3.61. The monoisotopic (exact) mass is 416 g/mol. The zero-order valence-electron chi connectivity index (χ0n) is 15.3. The van der Waals surface area contributed by atoms with Crippen LogP contribution in [0.25, 0.3) is 11.0 Å². The standard InChI is InChI=1S/C21H21ClN2O3S/c22-14-6-7-18-15(11-14)17(25)12-19(27-18)21(26)23-13-16(20-5-4-10-28-20)24-8-2-1-3-9-24/h4-7,10-12,16H,1-3,8-9,13H2,(H,23,26)/t16-/m1/s1. The Bertz CT molecular complexity index is 1030. The number of piperidine rings is 1. The van der Waals surface area contributed by atoms with Gasteiger partial charge in [0.1, 0.15) is 5.58 Å². The van der Waals surface area contributed by atoms with Crippen molar-refractivity contribution >= 4 is 39.8 Å². The average molecular weight is 417 g/mol. The van der Waals surface area contributed by atoms with Crippen LogP contribution in [0.4, 0.5) is 0 Å². The molecule has 0 saturated carbocycles. The zero-order valence-corrected chi connectivity index (χ0v) is 16.9. The number of benzene rings is 1. The molecule has 1 atom stereocenters. The first kappa shape index (κ1) is 19.2. The Morgan fingerprint density at radius 1 is 1.21 bits per heavy atom. The van der Waals surface area contributed by atoms with Crippen LogP contribution in [0.3, 0.4) is 0 Å². The summed E-state index contributed by atoms with van der Waals surface area (Å²) in [6.45, 7) is 2.54. The molecule has 3 aromatic rings. The summed E-state index contributed by atoms with van der Waals surface area (Å²) in [4.78, 5) is 28.7. The van der Waals surface area contributed by atoms with E-state index >= 15 is 0 Å². The average Bonchev–Trinajstić information content (AvgIpc) is 3.24. The molecule has 0 bridgehead atoms. The molecule has 1 saturated heterocycles. The van der Waals surface area contributed by atoms with Gasteiger partial charge >= 0.3 is 0 Å². The van der Waals surface area contributed by atoms with Gasteiger partial charge in [-0.05, 0) is 55.6 Å². The second-order valence-electron chi connectivity index (χ2n) is 6.95. The molecule has 2 aromatic heterocycles. The maximum Gasteiger partial charge on any atom is 0.287 e. The van der Waals surface area contributed by atoms with E-state index in [4.69, 9.17) is 16.0 Å². The van der Waals surface area contributed by atoms with Crippen molar-refractivity contribution in [1.29, 1.82) is 0 Å². The number of carbonyl (C=O) groups is 1. The van der Waals surface area contributed by atoms with E-state index in [9.17, 15) is 9.59 Å². The van der Waals surface area contributed by atoms with Crippen LogP contribution in [0, 0.1) is 0 Å². The van der Waals surface area contributed by atoms with Gasteiger partial charge < -0.3 is 9.73 Å². The van der Waals surface area contributed by atoms with Crippen molar-refractivity contribution in [3.8, 4) is 0 Å². The van der Waals surface area contributed by atoms with E-state index in [-0.39, 0.29) is 23.1 Å². The summed E-state index contributed by atoms with van der Waals surface area (Å²) in [5.41, 5.74) is 0.0765. The Balaban J connectivity index is 1.53. The lowest BCUT2D eigenvalue weighted by molar-refractivity contribution is 0.0899. The Morgan fingerprint density at radius 2 is 2.04 bits per heavy atom. The molecule has 7 heteroatoms. The van der Waals surface area contributed by atoms with Gasteiger partial charge in [-0.15, -0.1) is 11.3 Å². The van der Waals surface area contributed by atoms with Crippen molar-refractivity contribution in [2.45, 2.75) is 25.3 Å². The first-order chi connectivity index (χ1) is 13.6. The minimum absolute atomic E-state index is 0.0170. The number of fused-ring (bicyclic) bond motifs is 1. The summed E-state index contributed by atoms with van der Waals surface area (Å²) in [7, 11) is 0. The number of nitrogens with zero attached hydrogens (tertiary/aromatic N) is 1. The number of thiophene rings is 1. The number of carbonyl (C=O) groups excluding carboxylic acids is 1. The third-order valence-corrected chi connectivity index (χ3v) is 6.28. The van der Waals surface area contributed by atoms with Gasteiger partial charge in [0.05, 0.1) is 11.4 Å². The molecule has 3 heterocycles. The fourth-order valence-electron chi connectivity index (χ4n) is 3.64. The molecule has 0 aliphatic carbocycles. The zero-order chi connectivity index (χ0) is 19.5. The molecular weight excluding hydrogens is 396 g/mol. The minimum Gasteiger partial charge on any atom is -0.451 e. The third-order valence-electron chi connectivity index (χ3n) is 5.07. The molecule has 1 aromatic carbocycles. The van der Waals surface area contributed by atoms with Gasteiger partial charge in [0.15, 0.2) is 11.2 Å². The Hall–Kier alpha value is -2.15. The molecule has 28 heavy (non-hydrogen) atoms. The van der Waals surface area contributed by atoms with Gasteiger partial charge in [0.2, 0.25) is 0 Å². The summed E-state index contributed by atoms with van der Waals surface area (Å²) in [6, 6.07) is 10.3. The highest BCUT2D eigenvalue weighted by atomic mass is 35.5. The van der Waals surface area contributed by atoms with Crippen molar-refractivity contribution in [1.82, 2.24) is 10.2 Å². The van der Waals surface area contributed by atoms with Crippen LogP contribution in [0.5, 0.6) is 0 Å². The van der Waals surface area contributed by atoms with Crippen molar-refractivity contribution in [3.05, 3.63) is 67.7 Å². The summed E-state index contributed by atoms with van der Waals surface area (Å²) < 4.78 is 5.65. The minimum atomic E-state index is -0.382. The first-order valence-corrected chi connectivity index (χ1v) is 10.7. The van der Waals surface area contributed by atoms with E-state index < -0.39 is 0 Å². The lowest BCUT2D eigenvalue weighted by Crippen LogP contribution is -2.40. The largest absolute Gasteiger partial charge is 0.451 e. The second kappa shape index (κ2) is 8.47. The molecule has 1 fully saturated rings. The normalized spacial score (nSPS) is 16.2. The van der Waals surface area contributed by atoms with Gasteiger partial charge in [-0.25, -0.2) is 0 Å². The maximum atomic E-state index is 12.7. The van der Waals surface area contributed by atoms with Crippen LogP contribution < -0.4 is 10.7 Å². The van der Waals surface area contributed by atoms with Crippen molar-refractivity contribution in [2.75, 3.05) is 19.6 Å². The SMILES string of the molecule is O=C(NC[C@H](c1cccs1)N1CCCCC1)c1cc(=O)c2cc(Cl)ccc2o1. The highest BCUT2D eigenvalue weighted by molar-refractivity contribution is 7.10. The van der Waals surface area contributed by atoms with E-state index in [1.165, 1.54) is 30.2 Å². The van der Waals surface area contributed by atoms with Crippen LogP contribution in [0.2, 0.25) is 5.02 Å². The van der Waals surface area contributed by atoms with Crippen LogP contribution in [0.15, 0.2) is 51.0 Å². The fourth-order valence-corrected chi connectivity index (χ4v) is 4.67. The summed E-state index contributed by atoms with van der Waals surface area (Å²) in [5.74, 6) is -0.365. The first-order valence-electron chi connectivity index (χ1n) is 9.41. The van der Waals surface area contributed by atoms with Crippen molar-refractivity contribution in [2.24, 2.45) is 0 Å². The number of nitrogens with one attached hydrogen (secondary N) is 1. The molecule has 0 unspecified atom stereocenters. The molecule has 1 N–H and O–H groups in total. The van der Waals surface area contributed by atoms with E-state index in [0.29, 0.717) is 22.5 Å². The molecule has 1 aliphatic heterocycles. The van der Waals surface area contributed by atoms with Crippen molar-refractivity contribution in [3.63, 3.8) is 0 Å². The van der Waals surface area contributed by atoms with Gasteiger partial charge in [0, 0.05) is 22.5 Å². The molecule has 146 valence electrons. The van der Waals surface area contributed by atoms with Gasteiger partial charge in [-0.3, -0.25) is 14.5 Å². The predicted molar refractivity (Wildman–Crippen MR) is 112 cm³/mol. The third kappa shape index (κ3) is 4.14. The summed E-state index contributed by atoms with van der Waals surface area (Å²) >= 11 is 7.64. The number of hydrogen-bond donors (Lipinski definition) is 1. The fraction of sp³-hybridized carbons (Fsp3) is 0.333. The lowest BCUT2D eigenvalue weighted by Gasteiger charge is -2.34. The van der Waals surface area contributed by atoms with E-state index in [1.54, 1.807) is 29.5 Å². The molecule has 4 rings (SSSR count). The predicted octanol–water partition coefficient (Wildman–Crippen LogP) is 4.46. The number of halogens is 1. The van der Waals surface area contributed by atoms with Gasteiger partial charge in [0.25, 0.3) is 5.91 Å². The highest BCUT2D eigenvalue weighted by Crippen LogP contribution is 2.27. The Labute approximate surface area is 171 Å². The smallest absolute Gasteiger partial charge is 0.287 e. The number of likely N-dealkylation sites (tertiary alicyclic amines) is 1. The molecule has 0 spiro atoms. The van der Waals surface area contributed by atoms with Crippen molar-refractivity contribution < 1.29 is 9.21 Å². The van der Waals surface area contributed by atoms with E-state index in [0.717, 1.165) is 13.1 Å². The number of hydrogen-bond acceptors (Lipinski definition) is 5. The van der Waals surface area contributed by atoms with Crippen LogP contribution in [0.1, 0.15) is 40.7 Å². The maximum absolute atomic E-state index is 12.7. The number of rotatable bonds is 5.